The van der Waals surface area contributed by atoms with Gasteiger partial charge in [-0.05, 0) is 19.3 Å². The molecule has 2 rings (SSSR count). The van der Waals surface area contributed by atoms with Gasteiger partial charge in [0.2, 0.25) is 0 Å². The normalized spacial score (nSPS) is 16.4. The molecule has 7 nitrogen and oxygen atoms in total. The van der Waals surface area contributed by atoms with E-state index in [1.54, 1.807) is 5.38 Å². The van der Waals surface area contributed by atoms with Crippen LogP contribution in [-0.2, 0) is 11.3 Å². The monoisotopic (exact) mass is 285 g/mol. The van der Waals surface area contributed by atoms with Crippen molar-refractivity contribution < 1.29 is 14.7 Å². The number of aliphatic carboxylic acids is 1. The van der Waals surface area contributed by atoms with Crippen LogP contribution in [-0.4, -0.2) is 27.6 Å². The Hall–Kier alpha value is -1.83. The SMILES string of the molecule is O=C(O)CC1(NC(=O)NCc2csc(=O)[nH]2)CCC1. The van der Waals surface area contributed by atoms with Crippen molar-refractivity contribution >= 4 is 23.3 Å². The molecule has 1 saturated carbocycles. The molecule has 0 aliphatic heterocycles. The van der Waals surface area contributed by atoms with Gasteiger partial charge in [0.1, 0.15) is 0 Å². The van der Waals surface area contributed by atoms with Gasteiger partial charge >= 0.3 is 16.9 Å². The molecule has 1 fully saturated rings. The number of H-pyrrole nitrogens is 1. The first-order valence-electron chi connectivity index (χ1n) is 5.94. The maximum absolute atomic E-state index is 11.7. The molecule has 1 aromatic heterocycles. The maximum atomic E-state index is 11.7. The molecule has 1 aliphatic rings. The van der Waals surface area contributed by atoms with Crippen molar-refractivity contribution in [2.45, 2.75) is 37.8 Å². The van der Waals surface area contributed by atoms with E-state index in [-0.39, 0.29) is 17.8 Å². The summed E-state index contributed by atoms with van der Waals surface area (Å²) in [4.78, 5) is 35.8. The number of carbonyl (C=O) groups excluding carboxylic acids is 1. The minimum Gasteiger partial charge on any atom is -0.481 e. The van der Waals surface area contributed by atoms with Crippen molar-refractivity contribution in [2.24, 2.45) is 0 Å². The molecule has 0 unspecified atom stereocenters. The Morgan fingerprint density at radius 1 is 1.47 bits per heavy atom. The fourth-order valence-corrected chi connectivity index (χ4v) is 2.68. The first kappa shape index (κ1) is 13.6. The highest BCUT2D eigenvalue weighted by Crippen LogP contribution is 2.34. The van der Waals surface area contributed by atoms with Crippen molar-refractivity contribution in [3.8, 4) is 0 Å². The van der Waals surface area contributed by atoms with Crippen LogP contribution in [0.15, 0.2) is 10.2 Å². The van der Waals surface area contributed by atoms with Crippen LogP contribution in [0.1, 0.15) is 31.4 Å². The van der Waals surface area contributed by atoms with Crippen molar-refractivity contribution in [2.75, 3.05) is 0 Å². The number of nitrogens with one attached hydrogen (secondary N) is 3. The Balaban J connectivity index is 1.83. The molecule has 0 bridgehead atoms. The molecule has 4 N–H and O–H groups in total. The fraction of sp³-hybridized carbons (Fsp3) is 0.545. The lowest BCUT2D eigenvalue weighted by molar-refractivity contribution is -0.139. The number of carboxylic acids is 1. The Labute approximate surface area is 113 Å². The summed E-state index contributed by atoms with van der Waals surface area (Å²) in [6.45, 7) is 0.216. The van der Waals surface area contributed by atoms with E-state index in [9.17, 15) is 14.4 Å². The lowest BCUT2D eigenvalue weighted by Crippen LogP contribution is -2.57. The lowest BCUT2D eigenvalue weighted by Gasteiger charge is -2.41. The highest BCUT2D eigenvalue weighted by Gasteiger charge is 2.40. The highest BCUT2D eigenvalue weighted by atomic mass is 32.1. The minimum atomic E-state index is -0.915. The second kappa shape index (κ2) is 5.43. The summed E-state index contributed by atoms with van der Waals surface area (Å²) in [6, 6.07) is -0.409. The Morgan fingerprint density at radius 2 is 2.21 bits per heavy atom. The molecular formula is C11H15N3O4S. The number of hydrogen-bond acceptors (Lipinski definition) is 4. The lowest BCUT2D eigenvalue weighted by atomic mass is 9.74. The van der Waals surface area contributed by atoms with Gasteiger partial charge in [0.25, 0.3) is 0 Å². The molecule has 0 spiro atoms. The van der Waals surface area contributed by atoms with E-state index in [1.807, 2.05) is 0 Å². The van der Waals surface area contributed by atoms with Crippen LogP contribution in [0.4, 0.5) is 4.79 Å². The number of amides is 2. The summed E-state index contributed by atoms with van der Waals surface area (Å²) in [5, 5.41) is 15.8. The molecule has 1 aliphatic carbocycles. The second-order valence-electron chi connectivity index (χ2n) is 4.69. The average molecular weight is 285 g/mol. The zero-order valence-corrected chi connectivity index (χ0v) is 11.0. The van der Waals surface area contributed by atoms with E-state index < -0.39 is 17.5 Å². The molecule has 0 saturated heterocycles. The number of aromatic nitrogens is 1. The summed E-state index contributed by atoms with van der Waals surface area (Å²) >= 11 is 1.03. The van der Waals surface area contributed by atoms with E-state index in [4.69, 9.17) is 5.11 Å². The highest BCUT2D eigenvalue weighted by molar-refractivity contribution is 7.07. The van der Waals surface area contributed by atoms with Crippen molar-refractivity contribution in [1.29, 1.82) is 0 Å². The first-order chi connectivity index (χ1) is 8.99. The summed E-state index contributed by atoms with van der Waals surface area (Å²) in [5.74, 6) is -0.915. The van der Waals surface area contributed by atoms with Gasteiger partial charge < -0.3 is 20.7 Å². The third kappa shape index (κ3) is 3.57. The van der Waals surface area contributed by atoms with Crippen molar-refractivity contribution in [1.82, 2.24) is 15.6 Å². The predicted molar refractivity (Wildman–Crippen MR) is 69.1 cm³/mol. The molecule has 8 heteroatoms. The molecule has 1 aromatic rings. The van der Waals surface area contributed by atoms with E-state index in [0.29, 0.717) is 18.5 Å². The van der Waals surface area contributed by atoms with Crippen LogP contribution < -0.4 is 15.5 Å². The van der Waals surface area contributed by atoms with E-state index in [1.165, 1.54) is 0 Å². The Morgan fingerprint density at radius 3 is 2.68 bits per heavy atom. The summed E-state index contributed by atoms with van der Waals surface area (Å²) in [7, 11) is 0. The van der Waals surface area contributed by atoms with Gasteiger partial charge in [-0.15, -0.1) is 0 Å². The topological polar surface area (TPSA) is 111 Å². The largest absolute Gasteiger partial charge is 0.481 e. The van der Waals surface area contributed by atoms with Gasteiger partial charge in [-0.3, -0.25) is 9.59 Å². The standard InChI is InChI=1S/C11H15N3O4S/c15-8(16)4-11(2-1-3-11)14-9(17)12-5-7-6-19-10(18)13-7/h6H,1-5H2,(H,13,18)(H,15,16)(H2,12,14,17). The van der Waals surface area contributed by atoms with Gasteiger partial charge in [0, 0.05) is 11.1 Å². The molecular weight excluding hydrogens is 270 g/mol. The van der Waals surface area contributed by atoms with Gasteiger partial charge in [-0.1, -0.05) is 11.3 Å². The van der Waals surface area contributed by atoms with Gasteiger partial charge in [-0.2, -0.15) is 0 Å². The van der Waals surface area contributed by atoms with Crippen LogP contribution in [0.3, 0.4) is 0 Å². The molecule has 0 radical (unpaired) electrons. The summed E-state index contributed by atoms with van der Waals surface area (Å²) < 4.78 is 0. The summed E-state index contributed by atoms with van der Waals surface area (Å²) in [6.07, 6.45) is 2.23. The number of hydrogen-bond donors (Lipinski definition) is 4. The number of carboxylic acid groups (broad SMARTS) is 1. The molecule has 0 aromatic carbocycles. The third-order valence-electron chi connectivity index (χ3n) is 3.19. The van der Waals surface area contributed by atoms with Crippen LogP contribution >= 0.6 is 11.3 Å². The number of rotatable bonds is 5. The van der Waals surface area contributed by atoms with Crippen LogP contribution in [0.5, 0.6) is 0 Å². The number of thiazole rings is 1. The smallest absolute Gasteiger partial charge is 0.315 e. The molecule has 104 valence electrons. The minimum absolute atomic E-state index is 0.0598. The Kier molecular flexibility index (Phi) is 3.89. The van der Waals surface area contributed by atoms with E-state index in [2.05, 4.69) is 15.6 Å². The van der Waals surface area contributed by atoms with Crippen molar-refractivity contribution in [3.05, 3.63) is 20.7 Å². The molecule has 2 amide bonds. The van der Waals surface area contributed by atoms with Crippen molar-refractivity contribution in [3.63, 3.8) is 0 Å². The maximum Gasteiger partial charge on any atom is 0.315 e. The second-order valence-corrected chi connectivity index (χ2v) is 5.53. The average Bonchev–Trinajstić information content (AvgIpc) is 2.69. The molecule has 19 heavy (non-hydrogen) atoms. The quantitative estimate of drug-likeness (QED) is 0.636. The number of carbonyl (C=O) groups is 2. The van der Waals surface area contributed by atoms with Crippen LogP contribution in [0, 0.1) is 0 Å². The van der Waals surface area contributed by atoms with Gasteiger partial charge in [-0.25, -0.2) is 4.79 Å². The van der Waals surface area contributed by atoms with Crippen LogP contribution in [0.2, 0.25) is 0 Å². The zero-order chi connectivity index (χ0) is 13.9. The zero-order valence-electron chi connectivity index (χ0n) is 10.2. The Bertz CT molecular complexity index is 532. The molecule has 0 atom stereocenters. The predicted octanol–water partition coefficient (Wildman–Crippen LogP) is 0.633. The van der Waals surface area contributed by atoms with Crippen LogP contribution in [0.25, 0.3) is 0 Å². The number of aromatic amines is 1. The molecule has 1 heterocycles. The fourth-order valence-electron chi connectivity index (χ4n) is 2.10. The third-order valence-corrected chi connectivity index (χ3v) is 3.91. The van der Waals surface area contributed by atoms with Gasteiger partial charge in [0.05, 0.1) is 18.5 Å². The number of urea groups is 1. The van der Waals surface area contributed by atoms with Gasteiger partial charge in [0.15, 0.2) is 0 Å². The first-order valence-corrected chi connectivity index (χ1v) is 6.82. The summed E-state index contributed by atoms with van der Waals surface area (Å²) in [5.41, 5.74) is 0.0175. The van der Waals surface area contributed by atoms with E-state index in [0.717, 1.165) is 17.8 Å². The van der Waals surface area contributed by atoms with E-state index >= 15 is 0 Å².